The number of carbonyl (C=O) groups excluding carboxylic acids is 2. The first-order valence-corrected chi connectivity index (χ1v) is 15.0. The lowest BCUT2D eigenvalue weighted by Gasteiger charge is -2.46. The molecule has 1 N–H and O–H groups in total. The fourth-order valence-electron chi connectivity index (χ4n) is 5.91. The molecule has 6 nitrogen and oxygen atoms in total. The Hall–Kier alpha value is -3.32. The molecule has 1 fully saturated rings. The van der Waals surface area contributed by atoms with Gasteiger partial charge in [0, 0.05) is 17.5 Å². The number of benzene rings is 1. The summed E-state index contributed by atoms with van der Waals surface area (Å²) >= 11 is 1.73. The molecule has 3 aromatic rings. The monoisotopic (exact) mass is 545 g/mol. The molecule has 1 aliphatic heterocycles. The zero-order valence-corrected chi connectivity index (χ0v) is 24.1. The first-order valence-electron chi connectivity index (χ1n) is 14.1. The van der Waals surface area contributed by atoms with Crippen LogP contribution in [0.15, 0.2) is 60.7 Å². The number of ether oxygens (including phenoxy) is 1. The Bertz CT molecular complexity index is 1380. The highest BCUT2D eigenvalue weighted by Gasteiger charge is 2.51. The number of amides is 2. The Labute approximate surface area is 235 Å². The van der Waals surface area contributed by atoms with Crippen LogP contribution >= 0.6 is 11.3 Å². The van der Waals surface area contributed by atoms with E-state index in [9.17, 15) is 9.59 Å². The third-order valence-electron chi connectivity index (χ3n) is 8.15. The normalized spacial score (nSPS) is 20.3. The van der Waals surface area contributed by atoms with Crippen LogP contribution in [-0.2, 0) is 24.3 Å². The maximum atomic E-state index is 14.4. The summed E-state index contributed by atoms with van der Waals surface area (Å²) in [4.78, 5) is 31.9. The van der Waals surface area contributed by atoms with Gasteiger partial charge in [0.1, 0.15) is 17.0 Å². The van der Waals surface area contributed by atoms with Crippen LogP contribution in [0.2, 0.25) is 0 Å². The van der Waals surface area contributed by atoms with Gasteiger partial charge in [-0.25, -0.2) is 0 Å². The molecule has 1 aromatic carbocycles. The molecule has 3 heterocycles. The predicted octanol–water partition coefficient (Wildman–Crippen LogP) is 6.64. The minimum atomic E-state index is -1.06. The van der Waals surface area contributed by atoms with Crippen LogP contribution in [0.3, 0.4) is 0 Å². The summed E-state index contributed by atoms with van der Waals surface area (Å²) in [7, 11) is 1.64. The summed E-state index contributed by atoms with van der Waals surface area (Å²) < 4.78 is 8.55. The highest BCUT2D eigenvalue weighted by molar-refractivity contribution is 7.19. The molecule has 0 radical (unpaired) electrons. The van der Waals surface area contributed by atoms with Crippen molar-refractivity contribution < 1.29 is 14.3 Å². The zero-order valence-electron chi connectivity index (χ0n) is 23.2. The van der Waals surface area contributed by atoms with Gasteiger partial charge in [-0.15, -0.1) is 11.3 Å². The Balaban J connectivity index is 1.61. The summed E-state index contributed by atoms with van der Waals surface area (Å²) in [6, 6.07) is 12.1. The third kappa shape index (κ3) is 5.42. The first-order chi connectivity index (χ1) is 19.0. The van der Waals surface area contributed by atoms with Gasteiger partial charge in [-0.3, -0.25) is 9.59 Å². The van der Waals surface area contributed by atoms with Crippen LogP contribution in [0.4, 0.5) is 0 Å². The van der Waals surface area contributed by atoms with Gasteiger partial charge < -0.3 is 19.5 Å². The maximum Gasteiger partial charge on any atom is 0.271 e. The fourth-order valence-corrected chi connectivity index (χ4v) is 6.95. The van der Waals surface area contributed by atoms with Crippen molar-refractivity contribution in [3.05, 3.63) is 76.8 Å². The number of allylic oxidation sites excluding steroid dienone is 3. The van der Waals surface area contributed by atoms with Gasteiger partial charge in [0.15, 0.2) is 0 Å². The molecule has 1 saturated carbocycles. The topological polar surface area (TPSA) is 63.6 Å². The van der Waals surface area contributed by atoms with Crippen molar-refractivity contribution in [3.8, 4) is 5.75 Å². The van der Waals surface area contributed by atoms with E-state index in [1.54, 1.807) is 18.4 Å². The van der Waals surface area contributed by atoms with Crippen LogP contribution in [-0.4, -0.2) is 40.0 Å². The van der Waals surface area contributed by atoms with Gasteiger partial charge >= 0.3 is 0 Å². The second kappa shape index (κ2) is 11.8. The molecule has 39 heavy (non-hydrogen) atoms. The lowest BCUT2D eigenvalue weighted by atomic mass is 9.86. The number of methoxy groups -OCH3 is 1. The number of thiophene rings is 1. The number of fused-ring (bicyclic) bond motifs is 3. The molecule has 2 amide bonds. The van der Waals surface area contributed by atoms with Crippen molar-refractivity contribution >= 4 is 33.4 Å². The van der Waals surface area contributed by atoms with E-state index in [1.165, 1.54) is 11.3 Å². The van der Waals surface area contributed by atoms with E-state index in [0.29, 0.717) is 25.2 Å². The maximum absolute atomic E-state index is 14.4. The molecule has 1 atom stereocenters. The zero-order chi connectivity index (χ0) is 27.4. The van der Waals surface area contributed by atoms with Crippen molar-refractivity contribution in [2.24, 2.45) is 0 Å². The second-order valence-corrected chi connectivity index (χ2v) is 11.8. The highest BCUT2D eigenvalue weighted by atomic mass is 32.1. The van der Waals surface area contributed by atoms with E-state index < -0.39 is 5.54 Å². The van der Waals surface area contributed by atoms with Gasteiger partial charge in [0.05, 0.1) is 23.9 Å². The highest BCUT2D eigenvalue weighted by Crippen LogP contribution is 2.39. The van der Waals surface area contributed by atoms with E-state index in [0.717, 1.165) is 53.6 Å². The first kappa shape index (κ1) is 27.3. The van der Waals surface area contributed by atoms with Gasteiger partial charge in [-0.1, -0.05) is 62.6 Å². The summed E-state index contributed by atoms with van der Waals surface area (Å²) in [5.74, 6) is 0.608. The summed E-state index contributed by atoms with van der Waals surface area (Å²) in [5, 5.41) is 3.40. The smallest absolute Gasteiger partial charge is 0.271 e. The second-order valence-electron chi connectivity index (χ2n) is 10.7. The molecule has 2 aliphatic rings. The largest absolute Gasteiger partial charge is 0.497 e. The lowest BCUT2D eigenvalue weighted by Crippen LogP contribution is -2.66. The Morgan fingerprint density at radius 1 is 1.15 bits per heavy atom. The van der Waals surface area contributed by atoms with Crippen LogP contribution in [0.25, 0.3) is 10.2 Å². The molecule has 206 valence electrons. The molecule has 7 heteroatoms. The molecular formula is C32H39N3O3S. The summed E-state index contributed by atoms with van der Waals surface area (Å²) in [6.45, 7) is 4.89. The molecule has 5 rings (SSSR count). The third-order valence-corrected chi connectivity index (χ3v) is 9.36. The minimum absolute atomic E-state index is 0.0557. The van der Waals surface area contributed by atoms with Crippen molar-refractivity contribution in [1.29, 1.82) is 0 Å². The average molecular weight is 546 g/mol. The lowest BCUT2D eigenvalue weighted by molar-refractivity contribution is -0.135. The van der Waals surface area contributed by atoms with Crippen LogP contribution < -0.4 is 10.1 Å². The number of nitrogens with one attached hydrogen (secondary N) is 1. The average Bonchev–Trinajstić information content (AvgIpc) is 3.52. The molecule has 0 saturated heterocycles. The molecule has 2 aromatic heterocycles. The number of carbonyl (C=O) groups is 2. The van der Waals surface area contributed by atoms with Crippen molar-refractivity contribution in [3.63, 3.8) is 0 Å². The predicted molar refractivity (Wildman–Crippen MR) is 158 cm³/mol. The van der Waals surface area contributed by atoms with E-state index in [2.05, 4.69) is 22.9 Å². The number of hydrogen-bond donors (Lipinski definition) is 1. The number of hydrogen-bond acceptors (Lipinski definition) is 4. The van der Waals surface area contributed by atoms with Crippen molar-refractivity contribution in [2.75, 3.05) is 7.11 Å². The number of nitrogens with zero attached hydrogens (tertiary/aromatic N) is 2. The summed E-state index contributed by atoms with van der Waals surface area (Å²) in [5.41, 5.74) is 1.62. The molecule has 0 bridgehead atoms. The Morgan fingerprint density at radius 3 is 2.62 bits per heavy atom. The molecule has 1 unspecified atom stereocenters. The van der Waals surface area contributed by atoms with E-state index in [-0.39, 0.29) is 17.9 Å². The summed E-state index contributed by atoms with van der Waals surface area (Å²) in [6.07, 6.45) is 14.8. The molecule has 1 aliphatic carbocycles. The SMILES string of the molecule is C/C=C\C=C/CC1(C(=O)NC2CCCCC2)Cn2c(cc3sc(CC)cc32)C(=O)N1Cc1ccc(OC)cc1. The van der Waals surface area contributed by atoms with Crippen molar-refractivity contribution in [1.82, 2.24) is 14.8 Å². The fraction of sp³-hybridized carbons (Fsp3) is 0.438. The Kier molecular flexibility index (Phi) is 8.26. The minimum Gasteiger partial charge on any atom is -0.497 e. The van der Waals surface area contributed by atoms with E-state index in [4.69, 9.17) is 4.74 Å². The van der Waals surface area contributed by atoms with Crippen LogP contribution in [0, 0.1) is 0 Å². The number of aryl methyl sites for hydroxylation is 1. The van der Waals surface area contributed by atoms with Crippen LogP contribution in [0.5, 0.6) is 5.75 Å². The standard InChI is InChI=1S/C32H39N3O3S/c1-4-6-7-11-18-32(31(37)33-24-12-9-8-10-13-24)22-34-27-19-26(5-2)39-29(27)20-28(34)30(36)35(32)21-23-14-16-25(38-3)17-15-23/h4,6-7,11,14-17,19-20,24H,5,8-10,12-13,18,21-22H2,1-3H3,(H,33,37)/b6-4-,11-7-. The van der Waals surface area contributed by atoms with Gasteiger partial charge in [-0.2, -0.15) is 0 Å². The Morgan fingerprint density at radius 2 is 1.92 bits per heavy atom. The van der Waals surface area contributed by atoms with E-state index >= 15 is 0 Å². The van der Waals surface area contributed by atoms with Gasteiger partial charge in [-0.05, 0) is 62.4 Å². The van der Waals surface area contributed by atoms with E-state index in [1.807, 2.05) is 66.5 Å². The van der Waals surface area contributed by atoms with Gasteiger partial charge in [0.25, 0.3) is 5.91 Å². The number of aromatic nitrogens is 1. The van der Waals surface area contributed by atoms with Crippen molar-refractivity contribution in [2.45, 2.75) is 83.5 Å². The quantitative estimate of drug-likeness (QED) is 0.307. The molecule has 0 spiro atoms. The van der Waals surface area contributed by atoms with Gasteiger partial charge in [0.2, 0.25) is 5.91 Å². The number of rotatable bonds is 9. The van der Waals surface area contributed by atoms with Crippen LogP contribution in [0.1, 0.15) is 73.3 Å². The molecular weight excluding hydrogens is 506 g/mol.